The Morgan fingerprint density at radius 3 is 2.65 bits per heavy atom. The van der Waals surface area contributed by atoms with Crippen LogP contribution in [0, 0.1) is 0 Å². The van der Waals surface area contributed by atoms with Gasteiger partial charge in [0.1, 0.15) is 5.75 Å². The van der Waals surface area contributed by atoms with Crippen molar-refractivity contribution in [1.29, 1.82) is 0 Å². The fourth-order valence-electron chi connectivity index (χ4n) is 3.92. The van der Waals surface area contributed by atoms with Gasteiger partial charge in [-0.2, -0.15) is 5.10 Å². The molecule has 3 aromatic rings. The summed E-state index contributed by atoms with van der Waals surface area (Å²) >= 11 is 12.3. The number of carbonyl (C=O) groups excluding carboxylic acids is 1. The minimum absolute atomic E-state index is 0.00725. The zero-order valence-electron chi connectivity index (χ0n) is 18.4. The van der Waals surface area contributed by atoms with Crippen LogP contribution in [0.5, 0.6) is 5.75 Å². The van der Waals surface area contributed by atoms with Crippen LogP contribution in [0.3, 0.4) is 0 Å². The molecule has 0 radical (unpaired) electrons. The fraction of sp³-hybridized carbons (Fsp3) is 0.250. The molecule has 7 nitrogen and oxygen atoms in total. The standard InChI is InChI=1S/C24H23Cl2N3O4S/c1-33-20-8-10-21(11-9-20)34(31,32)28-23(30)12-6-16-3-2-4-17-14-27-29(24(16)17)15-18-5-7-19(25)13-22(18)26/h5-11,13-14H,2-4,12,15H2,1H3,(H,28,30)/b16-6+. The van der Waals surface area contributed by atoms with Gasteiger partial charge in [-0.15, -0.1) is 0 Å². The van der Waals surface area contributed by atoms with Gasteiger partial charge in [0.25, 0.3) is 10.0 Å². The van der Waals surface area contributed by atoms with Crippen LogP contribution < -0.4 is 9.46 Å². The minimum Gasteiger partial charge on any atom is -0.497 e. The number of nitrogens with one attached hydrogen (secondary N) is 1. The lowest BCUT2D eigenvalue weighted by Crippen LogP contribution is -2.30. The average Bonchev–Trinajstić information content (AvgIpc) is 3.23. The number of hydrogen-bond donors (Lipinski definition) is 1. The number of aryl methyl sites for hydroxylation is 1. The number of amides is 1. The molecule has 1 amide bonds. The van der Waals surface area contributed by atoms with E-state index >= 15 is 0 Å². The van der Waals surface area contributed by atoms with Crippen molar-refractivity contribution < 1.29 is 17.9 Å². The van der Waals surface area contributed by atoms with Gasteiger partial charge in [-0.1, -0.05) is 35.3 Å². The summed E-state index contributed by atoms with van der Waals surface area (Å²) in [7, 11) is -2.48. The van der Waals surface area contributed by atoms with Crippen molar-refractivity contribution in [3.63, 3.8) is 0 Å². The third-order valence-corrected chi connectivity index (χ3v) is 7.57. The maximum absolute atomic E-state index is 12.5. The monoisotopic (exact) mass is 519 g/mol. The van der Waals surface area contributed by atoms with E-state index < -0.39 is 15.9 Å². The molecule has 1 aliphatic rings. The first-order valence-corrected chi connectivity index (χ1v) is 12.9. The smallest absolute Gasteiger partial charge is 0.264 e. The molecule has 0 unspecified atom stereocenters. The highest BCUT2D eigenvalue weighted by atomic mass is 35.5. The average molecular weight is 520 g/mol. The van der Waals surface area contributed by atoms with Gasteiger partial charge >= 0.3 is 0 Å². The molecule has 1 aromatic heterocycles. The van der Waals surface area contributed by atoms with Gasteiger partial charge in [-0.3, -0.25) is 9.48 Å². The number of benzene rings is 2. The fourth-order valence-corrected chi connectivity index (χ4v) is 5.38. The number of hydrogen-bond acceptors (Lipinski definition) is 5. The molecule has 34 heavy (non-hydrogen) atoms. The van der Waals surface area contributed by atoms with Crippen molar-refractivity contribution in [2.24, 2.45) is 0 Å². The molecule has 10 heteroatoms. The maximum atomic E-state index is 12.5. The Kier molecular flexibility index (Phi) is 7.30. The van der Waals surface area contributed by atoms with Crippen LogP contribution in [0.1, 0.15) is 36.1 Å². The van der Waals surface area contributed by atoms with E-state index in [1.54, 1.807) is 18.2 Å². The number of sulfonamides is 1. The lowest BCUT2D eigenvalue weighted by atomic mass is 9.92. The molecule has 0 spiro atoms. The van der Waals surface area contributed by atoms with Crippen LogP contribution in [0.2, 0.25) is 10.0 Å². The number of nitrogens with zero attached hydrogens (tertiary/aromatic N) is 2. The molecule has 1 N–H and O–H groups in total. The van der Waals surface area contributed by atoms with E-state index in [2.05, 4.69) is 9.82 Å². The molecule has 178 valence electrons. The molecule has 0 atom stereocenters. The second-order valence-electron chi connectivity index (χ2n) is 7.90. The molecular formula is C24H23Cl2N3O4S. The molecule has 1 aliphatic carbocycles. The number of fused-ring (bicyclic) bond motifs is 1. The molecule has 0 aliphatic heterocycles. The van der Waals surface area contributed by atoms with Crippen LogP contribution in [-0.2, 0) is 27.8 Å². The first kappa shape index (κ1) is 24.3. The number of allylic oxidation sites excluding steroid dienone is 1. The van der Waals surface area contributed by atoms with Gasteiger partial charge in [-0.25, -0.2) is 13.1 Å². The van der Waals surface area contributed by atoms with Gasteiger partial charge in [0.2, 0.25) is 5.91 Å². The van der Waals surface area contributed by atoms with Crippen molar-refractivity contribution in [2.45, 2.75) is 37.1 Å². The molecule has 0 saturated heterocycles. The normalized spacial score (nSPS) is 14.6. The summed E-state index contributed by atoms with van der Waals surface area (Å²) in [4.78, 5) is 12.5. The molecule has 0 bridgehead atoms. The molecule has 4 rings (SSSR count). The van der Waals surface area contributed by atoms with Crippen LogP contribution in [0.4, 0.5) is 0 Å². The Bertz CT molecular complexity index is 1350. The second-order valence-corrected chi connectivity index (χ2v) is 10.4. The van der Waals surface area contributed by atoms with Gasteiger partial charge in [0.15, 0.2) is 0 Å². The van der Waals surface area contributed by atoms with Crippen LogP contribution in [-0.4, -0.2) is 31.2 Å². The predicted molar refractivity (Wildman–Crippen MR) is 132 cm³/mol. The van der Waals surface area contributed by atoms with E-state index in [4.69, 9.17) is 27.9 Å². The summed E-state index contributed by atoms with van der Waals surface area (Å²) in [5.74, 6) is -0.0816. The number of halogens is 2. The molecular weight excluding hydrogens is 497 g/mol. The van der Waals surface area contributed by atoms with Crippen molar-refractivity contribution in [2.75, 3.05) is 7.11 Å². The van der Waals surface area contributed by atoms with Crippen molar-refractivity contribution >= 4 is 44.7 Å². The number of carbonyl (C=O) groups is 1. The van der Waals surface area contributed by atoms with E-state index in [1.165, 1.54) is 31.4 Å². The number of aromatic nitrogens is 2. The highest BCUT2D eigenvalue weighted by molar-refractivity contribution is 7.90. The third kappa shape index (κ3) is 5.46. The van der Waals surface area contributed by atoms with E-state index in [0.717, 1.165) is 41.7 Å². The molecule has 0 fully saturated rings. The van der Waals surface area contributed by atoms with E-state index in [0.29, 0.717) is 22.3 Å². The summed E-state index contributed by atoms with van der Waals surface area (Å²) in [6.07, 6.45) is 6.12. The Labute approximate surface area is 208 Å². The summed E-state index contributed by atoms with van der Waals surface area (Å²) in [6, 6.07) is 11.2. The van der Waals surface area contributed by atoms with Crippen LogP contribution in [0.15, 0.2) is 59.6 Å². The van der Waals surface area contributed by atoms with Gasteiger partial charge < -0.3 is 4.74 Å². The molecule has 0 saturated carbocycles. The zero-order chi connectivity index (χ0) is 24.3. The van der Waals surface area contributed by atoms with Crippen LogP contribution in [0.25, 0.3) is 5.57 Å². The van der Waals surface area contributed by atoms with Crippen molar-refractivity contribution in [1.82, 2.24) is 14.5 Å². The lowest BCUT2D eigenvalue weighted by Gasteiger charge is -2.18. The Hall–Kier alpha value is -2.81. The second kappa shape index (κ2) is 10.2. The van der Waals surface area contributed by atoms with Gasteiger partial charge in [0.05, 0.1) is 30.4 Å². The largest absolute Gasteiger partial charge is 0.497 e. The first-order valence-electron chi connectivity index (χ1n) is 10.6. The first-order chi connectivity index (χ1) is 16.3. The Morgan fingerprint density at radius 1 is 1.18 bits per heavy atom. The minimum atomic E-state index is -3.97. The number of ether oxygens (including phenoxy) is 1. The predicted octanol–water partition coefficient (Wildman–Crippen LogP) is 4.86. The highest BCUT2D eigenvalue weighted by Gasteiger charge is 2.22. The summed E-state index contributed by atoms with van der Waals surface area (Å²) in [5, 5.41) is 5.64. The quantitative estimate of drug-likeness (QED) is 0.481. The van der Waals surface area contributed by atoms with Crippen LogP contribution >= 0.6 is 23.2 Å². The highest BCUT2D eigenvalue weighted by Crippen LogP contribution is 2.32. The Morgan fingerprint density at radius 2 is 1.94 bits per heavy atom. The van der Waals surface area contributed by atoms with Gasteiger partial charge in [-0.05, 0) is 72.4 Å². The molecule has 2 aromatic carbocycles. The topological polar surface area (TPSA) is 90.3 Å². The van der Waals surface area contributed by atoms with Gasteiger partial charge in [0, 0.05) is 16.5 Å². The van der Waals surface area contributed by atoms with E-state index in [1.807, 2.05) is 16.9 Å². The van der Waals surface area contributed by atoms with Crippen molar-refractivity contribution in [3.05, 3.63) is 81.6 Å². The van der Waals surface area contributed by atoms with E-state index in [9.17, 15) is 13.2 Å². The van der Waals surface area contributed by atoms with Crippen molar-refractivity contribution in [3.8, 4) is 5.75 Å². The number of methoxy groups -OCH3 is 1. The summed E-state index contributed by atoms with van der Waals surface area (Å²) in [5.41, 5.74) is 3.88. The molecule has 1 heterocycles. The zero-order valence-corrected chi connectivity index (χ0v) is 20.8. The Balaban J connectivity index is 1.50. The summed E-state index contributed by atoms with van der Waals surface area (Å²) in [6.45, 7) is 0.459. The number of rotatable bonds is 7. The SMILES string of the molecule is COc1ccc(S(=O)(=O)NC(=O)C/C=C2\CCCc3cnn(Cc4ccc(Cl)cc4Cl)c32)cc1. The lowest BCUT2D eigenvalue weighted by molar-refractivity contribution is -0.118. The third-order valence-electron chi connectivity index (χ3n) is 5.60. The van der Waals surface area contributed by atoms with E-state index in [-0.39, 0.29) is 11.3 Å². The maximum Gasteiger partial charge on any atom is 0.264 e. The summed E-state index contributed by atoms with van der Waals surface area (Å²) < 4.78 is 34.1.